The van der Waals surface area contributed by atoms with Gasteiger partial charge in [-0.05, 0) is 43.8 Å². The zero-order valence-corrected chi connectivity index (χ0v) is 14.4. The number of carbonyl (C=O) groups is 1. The molecule has 3 rings (SSSR count). The van der Waals surface area contributed by atoms with Crippen LogP contribution in [0, 0.1) is 5.92 Å². The molecule has 1 unspecified atom stereocenters. The number of piperidine rings is 1. The SMILES string of the molecule is CNCC1CCCN(C(=O)Cc2csc(-c3cccs3)n2)C1. The summed E-state index contributed by atoms with van der Waals surface area (Å²) in [5, 5.41) is 8.30. The van der Waals surface area contributed by atoms with Crippen LogP contribution < -0.4 is 5.32 Å². The second kappa shape index (κ2) is 7.35. The Hall–Kier alpha value is -1.24. The lowest BCUT2D eigenvalue weighted by molar-refractivity contribution is -0.132. The summed E-state index contributed by atoms with van der Waals surface area (Å²) in [6.07, 6.45) is 2.74. The number of thiophene rings is 1. The molecule has 1 fully saturated rings. The van der Waals surface area contributed by atoms with Crippen LogP contribution in [0.3, 0.4) is 0 Å². The molecule has 0 aromatic carbocycles. The Bertz CT molecular complexity index is 607. The molecule has 118 valence electrons. The first kappa shape index (κ1) is 15.6. The van der Waals surface area contributed by atoms with E-state index in [4.69, 9.17) is 0 Å². The third kappa shape index (κ3) is 3.74. The zero-order valence-electron chi connectivity index (χ0n) is 12.7. The highest BCUT2D eigenvalue weighted by Crippen LogP contribution is 2.28. The number of carbonyl (C=O) groups excluding carboxylic acids is 1. The molecule has 4 nitrogen and oxygen atoms in total. The van der Waals surface area contributed by atoms with Gasteiger partial charge in [0, 0.05) is 18.5 Å². The number of thiazole rings is 1. The van der Waals surface area contributed by atoms with Crippen molar-refractivity contribution in [3.05, 3.63) is 28.6 Å². The van der Waals surface area contributed by atoms with Gasteiger partial charge in [0.2, 0.25) is 5.91 Å². The third-order valence-electron chi connectivity index (χ3n) is 3.98. The van der Waals surface area contributed by atoms with E-state index in [0.29, 0.717) is 12.3 Å². The van der Waals surface area contributed by atoms with Crippen molar-refractivity contribution >= 4 is 28.6 Å². The highest BCUT2D eigenvalue weighted by molar-refractivity contribution is 7.20. The van der Waals surface area contributed by atoms with Crippen LogP contribution in [-0.4, -0.2) is 42.5 Å². The quantitative estimate of drug-likeness (QED) is 0.914. The summed E-state index contributed by atoms with van der Waals surface area (Å²) < 4.78 is 0. The number of rotatable bonds is 5. The Balaban J connectivity index is 1.59. The smallest absolute Gasteiger partial charge is 0.228 e. The molecule has 0 bridgehead atoms. The number of likely N-dealkylation sites (tertiary alicyclic amines) is 1. The second-order valence-corrected chi connectivity index (χ2v) is 7.51. The van der Waals surface area contributed by atoms with E-state index in [2.05, 4.69) is 21.7 Å². The van der Waals surface area contributed by atoms with Gasteiger partial charge in [-0.15, -0.1) is 22.7 Å². The van der Waals surface area contributed by atoms with E-state index in [0.717, 1.165) is 36.8 Å². The van der Waals surface area contributed by atoms with Gasteiger partial charge in [0.25, 0.3) is 0 Å². The summed E-state index contributed by atoms with van der Waals surface area (Å²) >= 11 is 3.31. The van der Waals surface area contributed by atoms with Gasteiger partial charge in [-0.2, -0.15) is 0 Å². The molecular weight excluding hydrogens is 314 g/mol. The van der Waals surface area contributed by atoms with Gasteiger partial charge in [-0.3, -0.25) is 4.79 Å². The molecule has 1 aliphatic heterocycles. The maximum absolute atomic E-state index is 12.5. The van der Waals surface area contributed by atoms with Crippen molar-refractivity contribution in [2.75, 3.05) is 26.7 Å². The van der Waals surface area contributed by atoms with Crippen LogP contribution in [0.15, 0.2) is 22.9 Å². The van der Waals surface area contributed by atoms with Crippen molar-refractivity contribution in [3.63, 3.8) is 0 Å². The lowest BCUT2D eigenvalue weighted by atomic mass is 9.98. The molecule has 22 heavy (non-hydrogen) atoms. The molecular formula is C16H21N3OS2. The van der Waals surface area contributed by atoms with Crippen LogP contribution in [0.2, 0.25) is 0 Å². The highest BCUT2D eigenvalue weighted by Gasteiger charge is 2.23. The van der Waals surface area contributed by atoms with Gasteiger partial charge >= 0.3 is 0 Å². The maximum Gasteiger partial charge on any atom is 0.228 e. The molecule has 1 N–H and O–H groups in total. The molecule has 0 saturated carbocycles. The minimum atomic E-state index is 0.212. The maximum atomic E-state index is 12.5. The largest absolute Gasteiger partial charge is 0.342 e. The fourth-order valence-electron chi connectivity index (χ4n) is 2.92. The summed E-state index contributed by atoms with van der Waals surface area (Å²) in [4.78, 5) is 20.3. The minimum absolute atomic E-state index is 0.212. The molecule has 1 amide bonds. The second-order valence-electron chi connectivity index (χ2n) is 5.70. The summed E-state index contributed by atoms with van der Waals surface area (Å²) in [5.41, 5.74) is 0.897. The fourth-order valence-corrected chi connectivity index (χ4v) is 4.55. The Labute approximate surface area is 139 Å². The van der Waals surface area contributed by atoms with Crippen molar-refractivity contribution in [1.29, 1.82) is 0 Å². The van der Waals surface area contributed by atoms with Crippen molar-refractivity contribution in [3.8, 4) is 9.88 Å². The van der Waals surface area contributed by atoms with Crippen molar-refractivity contribution in [2.24, 2.45) is 5.92 Å². The predicted molar refractivity (Wildman–Crippen MR) is 92.4 cm³/mol. The first-order chi connectivity index (χ1) is 10.8. The van der Waals surface area contributed by atoms with E-state index in [1.807, 2.05) is 23.4 Å². The zero-order chi connectivity index (χ0) is 15.4. The van der Waals surface area contributed by atoms with Gasteiger partial charge < -0.3 is 10.2 Å². The van der Waals surface area contributed by atoms with Crippen LogP contribution in [0.1, 0.15) is 18.5 Å². The molecule has 3 heterocycles. The average Bonchev–Trinajstić information content (AvgIpc) is 3.18. The lowest BCUT2D eigenvalue weighted by Crippen LogP contribution is -2.43. The van der Waals surface area contributed by atoms with E-state index >= 15 is 0 Å². The standard InChI is InChI=1S/C16H21N3OS2/c1-17-9-12-4-2-6-19(10-12)15(20)8-13-11-22-16(18-13)14-5-3-7-21-14/h3,5,7,11-12,17H,2,4,6,8-10H2,1H3. The number of hydrogen-bond acceptors (Lipinski definition) is 5. The number of nitrogens with zero attached hydrogens (tertiary/aromatic N) is 2. The molecule has 1 aliphatic rings. The molecule has 1 atom stereocenters. The summed E-state index contributed by atoms with van der Waals surface area (Å²) in [6.45, 7) is 2.76. The topological polar surface area (TPSA) is 45.2 Å². The Morgan fingerprint density at radius 3 is 3.18 bits per heavy atom. The first-order valence-corrected chi connectivity index (χ1v) is 9.43. The van der Waals surface area contributed by atoms with Gasteiger partial charge in [0.05, 0.1) is 17.0 Å². The minimum Gasteiger partial charge on any atom is -0.342 e. The van der Waals surface area contributed by atoms with Gasteiger partial charge in [-0.1, -0.05) is 6.07 Å². The van der Waals surface area contributed by atoms with E-state index in [1.54, 1.807) is 22.7 Å². The number of hydrogen-bond donors (Lipinski definition) is 1. The molecule has 2 aromatic rings. The third-order valence-corrected chi connectivity index (χ3v) is 5.91. The lowest BCUT2D eigenvalue weighted by Gasteiger charge is -2.32. The Morgan fingerprint density at radius 1 is 1.50 bits per heavy atom. The van der Waals surface area contributed by atoms with Crippen LogP contribution in [0.5, 0.6) is 0 Å². The number of nitrogens with one attached hydrogen (secondary N) is 1. The molecule has 2 aromatic heterocycles. The van der Waals surface area contributed by atoms with Gasteiger partial charge in [0.15, 0.2) is 0 Å². The fraction of sp³-hybridized carbons (Fsp3) is 0.500. The van der Waals surface area contributed by atoms with E-state index in [-0.39, 0.29) is 5.91 Å². The average molecular weight is 335 g/mol. The molecule has 6 heteroatoms. The molecule has 0 radical (unpaired) electrons. The van der Waals surface area contributed by atoms with Gasteiger partial charge in [0.1, 0.15) is 5.01 Å². The van der Waals surface area contributed by atoms with E-state index in [1.165, 1.54) is 11.3 Å². The Kier molecular flexibility index (Phi) is 5.23. The van der Waals surface area contributed by atoms with Crippen LogP contribution >= 0.6 is 22.7 Å². The van der Waals surface area contributed by atoms with Crippen molar-refractivity contribution in [1.82, 2.24) is 15.2 Å². The summed E-state index contributed by atoms with van der Waals surface area (Å²) in [6, 6.07) is 4.10. The Morgan fingerprint density at radius 2 is 2.41 bits per heavy atom. The van der Waals surface area contributed by atoms with Crippen LogP contribution in [-0.2, 0) is 11.2 Å². The van der Waals surface area contributed by atoms with E-state index < -0.39 is 0 Å². The van der Waals surface area contributed by atoms with Crippen LogP contribution in [0.25, 0.3) is 9.88 Å². The van der Waals surface area contributed by atoms with Crippen LogP contribution in [0.4, 0.5) is 0 Å². The van der Waals surface area contributed by atoms with Crippen molar-refractivity contribution < 1.29 is 4.79 Å². The first-order valence-electron chi connectivity index (χ1n) is 7.67. The molecule has 0 spiro atoms. The number of amides is 1. The predicted octanol–water partition coefficient (Wildman–Crippen LogP) is 2.87. The number of aromatic nitrogens is 1. The summed E-state index contributed by atoms with van der Waals surface area (Å²) in [5.74, 6) is 0.795. The summed E-state index contributed by atoms with van der Waals surface area (Å²) in [7, 11) is 1.97. The van der Waals surface area contributed by atoms with Gasteiger partial charge in [-0.25, -0.2) is 4.98 Å². The molecule has 1 saturated heterocycles. The van der Waals surface area contributed by atoms with E-state index in [9.17, 15) is 4.79 Å². The highest BCUT2D eigenvalue weighted by atomic mass is 32.1. The normalized spacial score (nSPS) is 18.6. The molecule has 0 aliphatic carbocycles. The van der Waals surface area contributed by atoms with Crippen molar-refractivity contribution in [2.45, 2.75) is 19.3 Å². The monoisotopic (exact) mass is 335 g/mol.